The van der Waals surface area contributed by atoms with Gasteiger partial charge in [0.1, 0.15) is 5.82 Å². The first kappa shape index (κ1) is 14.8. The molecule has 0 spiro atoms. The minimum Gasteiger partial charge on any atom is -0.396 e. The lowest BCUT2D eigenvalue weighted by Gasteiger charge is -2.16. The summed E-state index contributed by atoms with van der Waals surface area (Å²) in [6.07, 6.45) is 1.11. The molecule has 98 valence electrons. The number of rotatable bonds is 3. The molecule has 2 nitrogen and oxygen atoms in total. The van der Waals surface area contributed by atoms with Gasteiger partial charge in [0.2, 0.25) is 0 Å². The van der Waals surface area contributed by atoms with Gasteiger partial charge in [-0.05, 0) is 56.1 Å². The Balaban J connectivity index is 0.000000492. The summed E-state index contributed by atoms with van der Waals surface area (Å²) >= 11 is 4.05. The molecule has 4 heteroatoms. The van der Waals surface area contributed by atoms with E-state index in [9.17, 15) is 4.39 Å². The number of allylic oxidation sites excluding steroid dienone is 1. The first-order valence-corrected chi connectivity index (χ1v) is 6.29. The van der Waals surface area contributed by atoms with E-state index in [0.29, 0.717) is 0 Å². The van der Waals surface area contributed by atoms with Crippen molar-refractivity contribution >= 4 is 17.7 Å². The number of aryl methyl sites for hydroxylation is 1. The first-order chi connectivity index (χ1) is 8.54. The summed E-state index contributed by atoms with van der Waals surface area (Å²) in [4.78, 5) is 0. The Morgan fingerprint density at radius 2 is 2.00 bits per heavy atom. The zero-order chi connectivity index (χ0) is 13.7. The van der Waals surface area contributed by atoms with Crippen LogP contribution in [0.15, 0.2) is 29.3 Å². The molecular weight excluding hydrogens is 247 g/mol. The molecule has 1 aliphatic carbocycles. The number of nitrogens with two attached hydrogens (primary N) is 1. The Bertz CT molecular complexity index is 469. The van der Waals surface area contributed by atoms with Crippen LogP contribution >= 0.6 is 12.2 Å². The van der Waals surface area contributed by atoms with E-state index in [2.05, 4.69) is 30.2 Å². The molecule has 2 rings (SSSR count). The van der Waals surface area contributed by atoms with Crippen LogP contribution in [0.2, 0.25) is 0 Å². The Labute approximate surface area is 113 Å². The van der Waals surface area contributed by atoms with E-state index in [-0.39, 0.29) is 11.9 Å². The van der Waals surface area contributed by atoms with Crippen molar-refractivity contribution in [3.05, 3.63) is 46.3 Å². The molecule has 0 aromatic heterocycles. The van der Waals surface area contributed by atoms with Crippen molar-refractivity contribution in [2.75, 3.05) is 7.05 Å². The molecule has 0 fully saturated rings. The van der Waals surface area contributed by atoms with Crippen LogP contribution in [0.4, 0.5) is 4.39 Å². The molecule has 1 aromatic carbocycles. The van der Waals surface area contributed by atoms with Crippen molar-refractivity contribution in [2.45, 2.75) is 26.3 Å². The molecule has 0 amide bonds. The Morgan fingerprint density at radius 3 is 2.39 bits per heavy atom. The van der Waals surface area contributed by atoms with Crippen LogP contribution in [0.25, 0.3) is 0 Å². The Morgan fingerprint density at radius 1 is 1.44 bits per heavy atom. The highest BCUT2D eigenvalue weighted by atomic mass is 32.1. The van der Waals surface area contributed by atoms with Gasteiger partial charge in [-0.3, -0.25) is 0 Å². The summed E-state index contributed by atoms with van der Waals surface area (Å²) in [7, 11) is 1.95. The Kier molecular flexibility index (Phi) is 5.44. The number of hydrogen-bond acceptors (Lipinski definition) is 2. The molecule has 0 aliphatic heterocycles. The normalized spacial score (nSPS) is 14.7. The highest BCUT2D eigenvalue weighted by molar-refractivity contribution is 7.78. The van der Waals surface area contributed by atoms with Gasteiger partial charge in [-0.2, -0.15) is 0 Å². The van der Waals surface area contributed by atoms with Gasteiger partial charge in [-0.25, -0.2) is 4.39 Å². The minimum absolute atomic E-state index is 0.160. The number of benzene rings is 1. The first-order valence-electron chi connectivity index (χ1n) is 5.82. The van der Waals surface area contributed by atoms with Crippen LogP contribution < -0.4 is 11.1 Å². The van der Waals surface area contributed by atoms with Crippen LogP contribution in [-0.2, 0) is 0 Å². The highest BCUT2D eigenvalue weighted by Crippen LogP contribution is 2.41. The molecule has 1 atom stereocenters. The van der Waals surface area contributed by atoms with Crippen LogP contribution in [0, 0.1) is 12.7 Å². The summed E-state index contributed by atoms with van der Waals surface area (Å²) < 4.78 is 13.0. The van der Waals surface area contributed by atoms with E-state index in [1.54, 1.807) is 6.07 Å². The zero-order valence-corrected chi connectivity index (χ0v) is 11.8. The maximum atomic E-state index is 13.0. The fourth-order valence-electron chi connectivity index (χ4n) is 2.07. The van der Waals surface area contributed by atoms with E-state index in [4.69, 9.17) is 0 Å². The van der Waals surface area contributed by atoms with Gasteiger partial charge in [0.15, 0.2) is 0 Å². The van der Waals surface area contributed by atoms with Crippen molar-refractivity contribution in [3.8, 4) is 0 Å². The molecule has 0 radical (unpaired) electrons. The summed E-state index contributed by atoms with van der Waals surface area (Å²) in [5.74, 6) is -0.160. The molecule has 18 heavy (non-hydrogen) atoms. The van der Waals surface area contributed by atoms with Crippen LogP contribution in [0.1, 0.15) is 30.5 Å². The highest BCUT2D eigenvalue weighted by Gasteiger charge is 2.26. The molecule has 0 bridgehead atoms. The molecule has 3 N–H and O–H groups in total. The maximum Gasteiger partial charge on any atom is 0.123 e. The van der Waals surface area contributed by atoms with Gasteiger partial charge in [-0.15, -0.1) is 0 Å². The molecular formula is C14H19FN2S. The molecule has 0 saturated heterocycles. The largest absolute Gasteiger partial charge is 0.396 e. The number of hydrogen-bond donors (Lipinski definition) is 2. The summed E-state index contributed by atoms with van der Waals surface area (Å²) in [6.45, 7) is 4.11. The van der Waals surface area contributed by atoms with Crippen molar-refractivity contribution in [3.63, 3.8) is 0 Å². The van der Waals surface area contributed by atoms with Crippen molar-refractivity contribution in [1.82, 2.24) is 5.32 Å². The Hall–Kier alpha value is -1.26. The molecule has 0 saturated carbocycles. The monoisotopic (exact) mass is 266 g/mol. The van der Waals surface area contributed by atoms with Gasteiger partial charge in [0.25, 0.3) is 0 Å². The predicted molar refractivity (Wildman–Crippen MR) is 78.1 cm³/mol. The van der Waals surface area contributed by atoms with Crippen LogP contribution in [-0.4, -0.2) is 12.5 Å². The average molecular weight is 266 g/mol. The van der Waals surface area contributed by atoms with E-state index < -0.39 is 0 Å². The van der Waals surface area contributed by atoms with Crippen molar-refractivity contribution < 1.29 is 4.39 Å². The SMILES string of the molecule is CNC(C1=C(C)C1)c1ccc(F)cc1C.NC=S. The molecule has 0 heterocycles. The van der Waals surface area contributed by atoms with Crippen LogP contribution in [0.3, 0.4) is 0 Å². The lowest BCUT2D eigenvalue weighted by molar-refractivity contribution is 0.621. The maximum absolute atomic E-state index is 13.0. The third-order valence-electron chi connectivity index (χ3n) is 3.06. The third kappa shape index (κ3) is 3.62. The fraction of sp³-hybridized carbons (Fsp3) is 0.357. The van der Waals surface area contributed by atoms with Gasteiger partial charge in [0.05, 0.1) is 11.5 Å². The third-order valence-corrected chi connectivity index (χ3v) is 3.06. The number of likely N-dealkylation sites (N-methyl/N-ethyl adjacent to an activating group) is 1. The summed E-state index contributed by atoms with van der Waals surface area (Å²) in [5, 5.41) is 3.29. The van der Waals surface area contributed by atoms with E-state index in [1.165, 1.54) is 22.8 Å². The van der Waals surface area contributed by atoms with Crippen LogP contribution in [0.5, 0.6) is 0 Å². The number of nitrogens with one attached hydrogen (secondary N) is 1. The molecule has 1 aliphatic rings. The second-order valence-electron chi connectivity index (χ2n) is 4.34. The van der Waals surface area contributed by atoms with Crippen molar-refractivity contribution in [2.24, 2.45) is 5.73 Å². The van der Waals surface area contributed by atoms with Gasteiger partial charge >= 0.3 is 0 Å². The molecule has 1 unspecified atom stereocenters. The van der Waals surface area contributed by atoms with E-state index >= 15 is 0 Å². The number of halogens is 1. The minimum atomic E-state index is -0.160. The smallest absolute Gasteiger partial charge is 0.123 e. The predicted octanol–water partition coefficient (Wildman–Crippen LogP) is 3.02. The molecule has 1 aromatic rings. The summed E-state index contributed by atoms with van der Waals surface area (Å²) in [6, 6.07) is 5.28. The quantitative estimate of drug-likeness (QED) is 0.652. The number of thiocarbonyl (C=S) groups is 1. The van der Waals surface area contributed by atoms with Crippen molar-refractivity contribution in [1.29, 1.82) is 0 Å². The fourth-order valence-corrected chi connectivity index (χ4v) is 2.07. The van der Waals surface area contributed by atoms with E-state index in [1.807, 2.05) is 20.0 Å². The average Bonchev–Trinajstić information content (AvgIpc) is 3.01. The second-order valence-corrected chi connectivity index (χ2v) is 4.61. The lowest BCUT2D eigenvalue weighted by atomic mass is 9.99. The van der Waals surface area contributed by atoms with Gasteiger partial charge < -0.3 is 11.1 Å². The summed E-state index contributed by atoms with van der Waals surface area (Å²) in [5.41, 5.74) is 10.7. The van der Waals surface area contributed by atoms with Gasteiger partial charge in [0, 0.05) is 0 Å². The zero-order valence-electron chi connectivity index (χ0n) is 11.0. The lowest BCUT2D eigenvalue weighted by Crippen LogP contribution is -2.16. The second kappa shape index (κ2) is 6.61. The van der Waals surface area contributed by atoms with Gasteiger partial charge in [-0.1, -0.05) is 23.9 Å². The topological polar surface area (TPSA) is 38.0 Å². The standard InChI is InChI=1S/C13H16FN.CH3NS/c1-8-6-10(14)4-5-11(8)13(15-3)12-7-9(12)2;2-1-3/h4-6,13,15H,7H2,1-3H3;1H,(H2,2,3). The van der Waals surface area contributed by atoms with E-state index in [0.717, 1.165) is 17.5 Å².